The molecule has 0 aromatic heterocycles. The van der Waals surface area contributed by atoms with Crippen molar-refractivity contribution in [2.45, 2.75) is 149 Å². The van der Waals surface area contributed by atoms with Crippen molar-refractivity contribution in [3.63, 3.8) is 0 Å². The van der Waals surface area contributed by atoms with Gasteiger partial charge in [-0.25, -0.2) is 0 Å². The van der Waals surface area contributed by atoms with Crippen LogP contribution in [0.3, 0.4) is 0 Å². The second kappa shape index (κ2) is 13.1. The summed E-state index contributed by atoms with van der Waals surface area (Å²) in [5, 5.41) is 10.5. The van der Waals surface area contributed by atoms with E-state index in [4.69, 9.17) is 4.74 Å². The van der Waals surface area contributed by atoms with Crippen LogP contribution in [0.2, 0.25) is 0 Å². The minimum Gasteiger partial charge on any atom is -0.385 e. The molecule has 2 rings (SSSR count). The maximum absolute atomic E-state index is 10.5. The van der Waals surface area contributed by atoms with Crippen LogP contribution in [0.5, 0.6) is 0 Å². The maximum Gasteiger partial charge on any atom is 0.111 e. The molecule has 1 fully saturated rings. The van der Waals surface area contributed by atoms with Crippen molar-refractivity contribution >= 4 is 0 Å². The Labute approximate surface area is 205 Å². The van der Waals surface area contributed by atoms with Gasteiger partial charge in [0.25, 0.3) is 0 Å². The highest BCUT2D eigenvalue weighted by Gasteiger charge is 2.49. The number of aliphatic hydroxyl groups is 1. The van der Waals surface area contributed by atoms with Gasteiger partial charge in [-0.1, -0.05) is 62.8 Å². The molecule has 0 spiro atoms. The number of rotatable bonds is 13. The Bertz CT molecular complexity index is 753. The molecule has 1 aliphatic heterocycles. The fourth-order valence-corrected chi connectivity index (χ4v) is 5.57. The monoisotopic (exact) mass is 456 g/mol. The van der Waals surface area contributed by atoms with Crippen LogP contribution < -0.4 is 0 Å². The number of unbranched alkanes of at least 4 members (excludes halogenated alkanes) is 3. The van der Waals surface area contributed by atoms with E-state index >= 15 is 0 Å². The summed E-state index contributed by atoms with van der Waals surface area (Å²) >= 11 is 0. The van der Waals surface area contributed by atoms with E-state index in [0.29, 0.717) is 0 Å². The standard InChI is InChI=1S/C31H52O2/c1-8-10-12-15-24(3)16-13-17-25(4)18-14-20-30(7)22-19-28-23-29(32)26(5)27(6)31(28,33-30)21-11-9-2/h15,17,23,29,32H,8-14,16,18-22H2,1-7H3. The summed E-state index contributed by atoms with van der Waals surface area (Å²) in [5.74, 6) is 0. The number of fused-ring (bicyclic) bond motifs is 1. The maximum atomic E-state index is 10.5. The molecule has 3 unspecified atom stereocenters. The summed E-state index contributed by atoms with van der Waals surface area (Å²) in [6.07, 6.45) is 21.6. The third-order valence-corrected chi connectivity index (χ3v) is 8.10. The van der Waals surface area contributed by atoms with Gasteiger partial charge in [-0.2, -0.15) is 0 Å². The van der Waals surface area contributed by atoms with Crippen LogP contribution in [0.4, 0.5) is 0 Å². The molecule has 2 nitrogen and oxygen atoms in total. The van der Waals surface area contributed by atoms with E-state index < -0.39 is 6.10 Å². The van der Waals surface area contributed by atoms with Crippen LogP contribution in [-0.2, 0) is 4.74 Å². The number of allylic oxidation sites excluding steroid dienone is 4. The molecule has 0 aromatic rings. The minimum atomic E-state index is -0.444. The normalized spacial score (nSPS) is 28.7. The summed E-state index contributed by atoms with van der Waals surface area (Å²) in [6, 6.07) is 0. The molecule has 1 N–H and O–H groups in total. The first kappa shape index (κ1) is 28.1. The van der Waals surface area contributed by atoms with Crippen molar-refractivity contribution in [1.82, 2.24) is 0 Å². The molecule has 33 heavy (non-hydrogen) atoms. The predicted molar refractivity (Wildman–Crippen MR) is 144 cm³/mol. The lowest BCUT2D eigenvalue weighted by atomic mass is 9.69. The minimum absolute atomic E-state index is 0.0895. The van der Waals surface area contributed by atoms with Gasteiger partial charge in [0.1, 0.15) is 5.60 Å². The molecule has 1 aliphatic carbocycles. The Hall–Kier alpha value is -1.12. The zero-order valence-corrected chi connectivity index (χ0v) is 22.9. The Morgan fingerprint density at radius 2 is 1.67 bits per heavy atom. The average molecular weight is 457 g/mol. The van der Waals surface area contributed by atoms with Crippen molar-refractivity contribution in [1.29, 1.82) is 0 Å². The van der Waals surface area contributed by atoms with Crippen LogP contribution in [0, 0.1) is 0 Å². The van der Waals surface area contributed by atoms with Gasteiger partial charge in [-0.05, 0) is 115 Å². The topological polar surface area (TPSA) is 29.5 Å². The fraction of sp³-hybridized carbons (Fsp3) is 0.742. The van der Waals surface area contributed by atoms with E-state index in [-0.39, 0.29) is 11.2 Å². The molecular weight excluding hydrogens is 404 g/mol. The zero-order chi connectivity index (χ0) is 24.5. The van der Waals surface area contributed by atoms with Crippen molar-refractivity contribution in [3.05, 3.63) is 46.1 Å². The van der Waals surface area contributed by atoms with E-state index in [2.05, 4.69) is 66.7 Å². The second-order valence-electron chi connectivity index (χ2n) is 11.1. The molecular formula is C31H52O2. The predicted octanol–water partition coefficient (Wildman–Crippen LogP) is 9.16. The average Bonchev–Trinajstić information content (AvgIpc) is 2.77. The molecule has 0 aromatic carbocycles. The highest BCUT2D eigenvalue weighted by Crippen LogP contribution is 2.51. The van der Waals surface area contributed by atoms with Gasteiger partial charge in [0.15, 0.2) is 0 Å². The molecule has 1 heterocycles. The van der Waals surface area contributed by atoms with Crippen LogP contribution >= 0.6 is 0 Å². The smallest absolute Gasteiger partial charge is 0.111 e. The molecule has 3 atom stereocenters. The molecule has 0 saturated carbocycles. The van der Waals surface area contributed by atoms with Gasteiger partial charge in [0.2, 0.25) is 0 Å². The Morgan fingerprint density at radius 3 is 2.36 bits per heavy atom. The van der Waals surface area contributed by atoms with E-state index in [9.17, 15) is 5.11 Å². The first-order valence-electron chi connectivity index (χ1n) is 13.8. The third kappa shape index (κ3) is 7.69. The number of aliphatic hydroxyl groups excluding tert-OH is 1. The van der Waals surface area contributed by atoms with Crippen LogP contribution in [0.25, 0.3) is 0 Å². The van der Waals surface area contributed by atoms with Gasteiger partial charge in [0.05, 0.1) is 11.7 Å². The van der Waals surface area contributed by atoms with E-state index in [0.717, 1.165) is 50.5 Å². The summed E-state index contributed by atoms with van der Waals surface area (Å²) in [7, 11) is 0. The van der Waals surface area contributed by atoms with E-state index in [1.807, 2.05) is 0 Å². The van der Waals surface area contributed by atoms with Crippen LogP contribution in [0.15, 0.2) is 46.1 Å². The quantitative estimate of drug-likeness (QED) is 0.221. The number of hydrogen-bond acceptors (Lipinski definition) is 2. The fourth-order valence-electron chi connectivity index (χ4n) is 5.57. The van der Waals surface area contributed by atoms with Crippen molar-refractivity contribution in [2.75, 3.05) is 0 Å². The molecule has 0 amide bonds. The Balaban J connectivity index is 1.94. The third-order valence-electron chi connectivity index (χ3n) is 8.10. The SMILES string of the molecule is CCCCC=C(C)CCC=C(C)CCCC1(C)CCC2=CC(O)C(C)=C(C)C2(CCCC)O1. The van der Waals surface area contributed by atoms with Crippen LogP contribution in [-0.4, -0.2) is 22.4 Å². The molecule has 2 aliphatic rings. The van der Waals surface area contributed by atoms with Crippen molar-refractivity contribution in [3.8, 4) is 0 Å². The van der Waals surface area contributed by atoms with Crippen molar-refractivity contribution in [2.24, 2.45) is 0 Å². The number of hydrogen-bond donors (Lipinski definition) is 1. The van der Waals surface area contributed by atoms with Gasteiger partial charge < -0.3 is 9.84 Å². The first-order valence-corrected chi connectivity index (χ1v) is 13.8. The van der Waals surface area contributed by atoms with Gasteiger partial charge in [-0.3, -0.25) is 0 Å². The molecule has 188 valence electrons. The van der Waals surface area contributed by atoms with Gasteiger partial charge >= 0.3 is 0 Å². The Morgan fingerprint density at radius 1 is 1.00 bits per heavy atom. The number of ether oxygens (including phenoxy) is 1. The van der Waals surface area contributed by atoms with Crippen molar-refractivity contribution < 1.29 is 9.84 Å². The van der Waals surface area contributed by atoms with E-state index in [1.54, 1.807) is 0 Å². The highest BCUT2D eigenvalue weighted by atomic mass is 16.5. The largest absolute Gasteiger partial charge is 0.385 e. The summed E-state index contributed by atoms with van der Waals surface area (Å²) < 4.78 is 7.08. The molecule has 0 bridgehead atoms. The lowest BCUT2D eigenvalue weighted by molar-refractivity contribution is -0.146. The molecule has 1 saturated heterocycles. The summed E-state index contributed by atoms with van der Waals surface area (Å²) in [5.41, 5.74) is 6.33. The second-order valence-corrected chi connectivity index (χ2v) is 11.1. The van der Waals surface area contributed by atoms with Gasteiger partial charge in [0, 0.05) is 0 Å². The lowest BCUT2D eigenvalue weighted by Gasteiger charge is -2.52. The summed E-state index contributed by atoms with van der Waals surface area (Å²) in [4.78, 5) is 0. The Kier molecular flexibility index (Phi) is 11.2. The summed E-state index contributed by atoms with van der Waals surface area (Å²) in [6.45, 7) is 15.7. The van der Waals surface area contributed by atoms with Crippen LogP contribution in [0.1, 0.15) is 132 Å². The molecule has 2 heteroatoms. The zero-order valence-electron chi connectivity index (χ0n) is 22.9. The highest BCUT2D eigenvalue weighted by molar-refractivity contribution is 5.44. The van der Waals surface area contributed by atoms with E-state index in [1.165, 1.54) is 60.8 Å². The molecule has 0 radical (unpaired) electrons. The first-order chi connectivity index (χ1) is 15.7. The van der Waals surface area contributed by atoms with Gasteiger partial charge in [-0.15, -0.1) is 0 Å². The lowest BCUT2D eigenvalue weighted by Crippen LogP contribution is -2.51.